The minimum atomic E-state index is -4.69. The van der Waals surface area contributed by atoms with Crippen molar-refractivity contribution >= 4 is 11.4 Å². The second-order valence-corrected chi connectivity index (χ2v) is 7.12. The molecule has 0 atom stereocenters. The standard InChI is InChI=1S/C20H19F6N5O2/c1-3-16(12-6-4-7-13(10-12)19(21,22)23)27-33-11-14-15(20(24,25)26)8-5-9-17(14)31-18(32)30(2)28-29-31/h4,6-7,9-10H,3,5,8,11H2,1-2H3/b27-16-. The monoisotopic (exact) mass is 475 g/mol. The van der Waals surface area contributed by atoms with E-state index in [1.165, 1.54) is 25.3 Å². The first-order chi connectivity index (χ1) is 15.4. The highest BCUT2D eigenvalue weighted by atomic mass is 19.4. The van der Waals surface area contributed by atoms with E-state index in [4.69, 9.17) is 4.84 Å². The Labute approximate surface area is 183 Å². The Bertz CT molecular complexity index is 1170. The van der Waals surface area contributed by atoms with Gasteiger partial charge < -0.3 is 4.84 Å². The predicted octanol–water partition coefficient (Wildman–Crippen LogP) is 4.32. The molecule has 1 aliphatic carbocycles. The van der Waals surface area contributed by atoms with Crippen molar-refractivity contribution in [2.75, 3.05) is 6.61 Å². The van der Waals surface area contributed by atoms with Gasteiger partial charge in [0.25, 0.3) is 0 Å². The van der Waals surface area contributed by atoms with Gasteiger partial charge in [0.1, 0.15) is 6.61 Å². The number of nitrogens with zero attached hydrogens (tertiary/aromatic N) is 5. The molecule has 1 aliphatic rings. The van der Waals surface area contributed by atoms with Crippen LogP contribution in [-0.2, 0) is 18.1 Å². The zero-order valence-corrected chi connectivity index (χ0v) is 17.5. The van der Waals surface area contributed by atoms with E-state index < -0.39 is 35.8 Å². The van der Waals surface area contributed by atoms with Crippen LogP contribution in [0.1, 0.15) is 37.3 Å². The van der Waals surface area contributed by atoms with Gasteiger partial charge in [-0.05, 0) is 47.4 Å². The Balaban J connectivity index is 1.94. The molecule has 0 fully saturated rings. The van der Waals surface area contributed by atoms with Crippen LogP contribution in [0.2, 0.25) is 0 Å². The van der Waals surface area contributed by atoms with Crippen molar-refractivity contribution in [3.05, 3.63) is 63.1 Å². The molecule has 1 aromatic carbocycles. The van der Waals surface area contributed by atoms with Crippen LogP contribution in [0.5, 0.6) is 0 Å². The third kappa shape index (κ3) is 5.34. The molecule has 0 unspecified atom stereocenters. The molecule has 13 heteroatoms. The minimum Gasteiger partial charge on any atom is -0.391 e. The average molecular weight is 475 g/mol. The van der Waals surface area contributed by atoms with Gasteiger partial charge in [0, 0.05) is 18.2 Å². The van der Waals surface area contributed by atoms with Gasteiger partial charge in [-0.25, -0.2) is 4.79 Å². The van der Waals surface area contributed by atoms with Crippen molar-refractivity contribution in [3.8, 4) is 0 Å². The van der Waals surface area contributed by atoms with Crippen LogP contribution >= 0.6 is 0 Å². The van der Waals surface area contributed by atoms with Crippen molar-refractivity contribution in [2.45, 2.75) is 38.5 Å². The summed E-state index contributed by atoms with van der Waals surface area (Å²) in [6.07, 6.45) is -7.99. The summed E-state index contributed by atoms with van der Waals surface area (Å²) in [5.41, 5.74) is -2.76. The van der Waals surface area contributed by atoms with Crippen LogP contribution < -0.4 is 5.69 Å². The van der Waals surface area contributed by atoms with Gasteiger partial charge in [0.2, 0.25) is 0 Å². The van der Waals surface area contributed by atoms with Crippen LogP contribution in [0.4, 0.5) is 26.3 Å². The lowest BCUT2D eigenvalue weighted by atomic mass is 9.94. The fourth-order valence-corrected chi connectivity index (χ4v) is 3.31. The minimum absolute atomic E-state index is 0.0183. The van der Waals surface area contributed by atoms with Crippen LogP contribution in [0, 0.1) is 0 Å². The molecule has 33 heavy (non-hydrogen) atoms. The van der Waals surface area contributed by atoms with E-state index in [-0.39, 0.29) is 41.8 Å². The Morgan fingerprint density at radius 2 is 1.88 bits per heavy atom. The number of tetrazole rings is 1. The fraction of sp³-hybridized carbons (Fsp3) is 0.400. The Kier molecular flexibility index (Phi) is 6.79. The number of aromatic nitrogens is 4. The molecule has 0 radical (unpaired) electrons. The van der Waals surface area contributed by atoms with Crippen molar-refractivity contribution in [3.63, 3.8) is 0 Å². The normalized spacial score (nSPS) is 15.6. The summed E-state index contributed by atoms with van der Waals surface area (Å²) in [6.45, 7) is 0.945. The molecule has 0 amide bonds. The summed E-state index contributed by atoms with van der Waals surface area (Å²) in [5, 5.41) is 10.9. The molecule has 1 heterocycles. The number of aryl methyl sites for hydroxylation is 1. The predicted molar refractivity (Wildman–Crippen MR) is 106 cm³/mol. The average Bonchev–Trinajstić information content (AvgIpc) is 3.08. The van der Waals surface area contributed by atoms with Gasteiger partial charge >= 0.3 is 18.0 Å². The molecule has 3 rings (SSSR count). The third-order valence-electron chi connectivity index (χ3n) is 4.94. The van der Waals surface area contributed by atoms with E-state index in [2.05, 4.69) is 15.6 Å². The van der Waals surface area contributed by atoms with Crippen LogP contribution in [-0.4, -0.2) is 38.3 Å². The molecule has 0 N–H and O–H groups in total. The summed E-state index contributed by atoms with van der Waals surface area (Å²) < 4.78 is 81.5. The number of benzene rings is 1. The largest absolute Gasteiger partial charge is 0.416 e. The second kappa shape index (κ2) is 9.24. The first kappa shape index (κ1) is 24.3. The number of hydrogen-bond acceptors (Lipinski definition) is 5. The molecule has 2 aromatic rings. The summed E-state index contributed by atoms with van der Waals surface area (Å²) in [6, 6.07) is 4.38. The quantitative estimate of drug-likeness (QED) is 0.354. The molecule has 7 nitrogen and oxygen atoms in total. The molecular weight excluding hydrogens is 456 g/mol. The van der Waals surface area contributed by atoms with Crippen molar-refractivity contribution in [1.29, 1.82) is 0 Å². The van der Waals surface area contributed by atoms with Crippen LogP contribution in [0.3, 0.4) is 0 Å². The maximum absolute atomic E-state index is 13.6. The SMILES string of the molecule is CC/C(=N/OCC1=C(C(F)(F)F)CCC=C1n1nnn(C)c1=O)c1cccc(C(F)(F)F)c1. The molecule has 0 saturated carbocycles. The zero-order chi connectivity index (χ0) is 24.4. The Hall–Kier alpha value is -3.38. The molecule has 0 bridgehead atoms. The highest BCUT2D eigenvalue weighted by Crippen LogP contribution is 2.38. The van der Waals surface area contributed by atoms with E-state index in [0.717, 1.165) is 21.5 Å². The van der Waals surface area contributed by atoms with Crippen molar-refractivity contribution in [1.82, 2.24) is 19.8 Å². The Morgan fingerprint density at radius 1 is 1.15 bits per heavy atom. The van der Waals surface area contributed by atoms with E-state index >= 15 is 0 Å². The maximum Gasteiger partial charge on any atom is 0.416 e. The Morgan fingerprint density at radius 3 is 2.45 bits per heavy atom. The first-order valence-corrected chi connectivity index (χ1v) is 9.79. The highest BCUT2D eigenvalue weighted by molar-refractivity contribution is 6.00. The molecule has 0 saturated heterocycles. The number of oxime groups is 1. The number of allylic oxidation sites excluding steroid dienone is 2. The second-order valence-electron chi connectivity index (χ2n) is 7.12. The van der Waals surface area contributed by atoms with Gasteiger partial charge in [-0.2, -0.15) is 35.7 Å². The number of halogens is 6. The molecule has 0 spiro atoms. The van der Waals surface area contributed by atoms with E-state index in [0.29, 0.717) is 0 Å². The lowest BCUT2D eigenvalue weighted by Gasteiger charge is -2.22. The number of alkyl halides is 6. The summed E-state index contributed by atoms with van der Waals surface area (Å²) >= 11 is 0. The topological polar surface area (TPSA) is 74.3 Å². The van der Waals surface area contributed by atoms with E-state index in [1.807, 2.05) is 0 Å². The summed E-state index contributed by atoms with van der Waals surface area (Å²) in [7, 11) is 1.30. The molecule has 0 aliphatic heterocycles. The van der Waals surface area contributed by atoms with Gasteiger partial charge in [-0.1, -0.05) is 30.3 Å². The molecular formula is C20H19F6N5O2. The van der Waals surface area contributed by atoms with Crippen molar-refractivity contribution in [2.24, 2.45) is 12.2 Å². The zero-order valence-electron chi connectivity index (χ0n) is 17.5. The lowest BCUT2D eigenvalue weighted by molar-refractivity contribution is -0.137. The lowest BCUT2D eigenvalue weighted by Crippen LogP contribution is -2.27. The smallest absolute Gasteiger partial charge is 0.391 e. The molecule has 178 valence electrons. The van der Waals surface area contributed by atoms with Crippen LogP contribution in [0.15, 0.2) is 51.4 Å². The number of rotatable bonds is 6. The van der Waals surface area contributed by atoms with Crippen molar-refractivity contribution < 1.29 is 31.2 Å². The summed E-state index contributed by atoms with van der Waals surface area (Å²) in [4.78, 5) is 17.4. The highest BCUT2D eigenvalue weighted by Gasteiger charge is 2.39. The molecule has 1 aromatic heterocycles. The van der Waals surface area contributed by atoms with E-state index in [1.54, 1.807) is 6.92 Å². The van der Waals surface area contributed by atoms with Gasteiger partial charge in [0.05, 0.1) is 17.0 Å². The maximum atomic E-state index is 13.6. The summed E-state index contributed by atoms with van der Waals surface area (Å²) in [5.74, 6) is 0. The first-order valence-electron chi connectivity index (χ1n) is 9.79. The van der Waals surface area contributed by atoms with Gasteiger partial charge in [-0.15, -0.1) is 0 Å². The fourth-order valence-electron chi connectivity index (χ4n) is 3.31. The van der Waals surface area contributed by atoms with Crippen LogP contribution in [0.25, 0.3) is 5.70 Å². The number of hydrogen-bond donors (Lipinski definition) is 0. The van der Waals surface area contributed by atoms with Gasteiger partial charge in [-0.3, -0.25) is 0 Å². The van der Waals surface area contributed by atoms with Gasteiger partial charge in [0.15, 0.2) is 0 Å². The van der Waals surface area contributed by atoms with E-state index in [9.17, 15) is 31.1 Å². The third-order valence-corrected chi connectivity index (χ3v) is 4.94.